The van der Waals surface area contributed by atoms with Crippen LogP contribution in [0.1, 0.15) is 27.7 Å². The first-order valence-electron chi connectivity index (χ1n) is 8.64. The molecule has 0 spiro atoms. The number of hydrogen-bond acceptors (Lipinski definition) is 5. The van der Waals surface area contributed by atoms with Gasteiger partial charge in [-0.15, -0.1) is 11.3 Å². The maximum atomic E-state index is 12.6. The number of aromatic nitrogens is 1. The minimum Gasteiger partial charge on any atom is -0.497 e. The molecule has 0 aliphatic heterocycles. The number of amides is 1. The molecule has 0 saturated heterocycles. The van der Waals surface area contributed by atoms with Crippen molar-refractivity contribution in [2.24, 2.45) is 0 Å². The lowest BCUT2D eigenvalue weighted by Crippen LogP contribution is -2.19. The number of carbonyl (C=O) groups excluding carboxylic acids is 2. The zero-order chi connectivity index (χ0) is 19.6. The van der Waals surface area contributed by atoms with Gasteiger partial charge in [0.15, 0.2) is 0 Å². The van der Waals surface area contributed by atoms with Gasteiger partial charge in [-0.05, 0) is 50.6 Å². The molecule has 0 aliphatic rings. The van der Waals surface area contributed by atoms with Crippen LogP contribution in [0.4, 0.5) is 5.00 Å². The van der Waals surface area contributed by atoms with Crippen molar-refractivity contribution in [1.82, 2.24) is 4.57 Å². The number of thiophene rings is 1. The predicted octanol–water partition coefficient (Wildman–Crippen LogP) is 4.14. The fourth-order valence-corrected chi connectivity index (χ4v) is 3.99. The molecule has 2 heterocycles. The fraction of sp³-hybridized carbons (Fsp3) is 0.300. The van der Waals surface area contributed by atoms with Crippen LogP contribution in [0, 0.1) is 13.8 Å². The molecule has 3 rings (SSSR count). The van der Waals surface area contributed by atoms with Crippen molar-refractivity contribution in [3.05, 3.63) is 46.5 Å². The van der Waals surface area contributed by atoms with Gasteiger partial charge >= 0.3 is 5.97 Å². The van der Waals surface area contributed by atoms with Crippen molar-refractivity contribution in [2.75, 3.05) is 19.0 Å². The average Bonchev–Trinajstić information content (AvgIpc) is 3.15. The highest BCUT2D eigenvalue weighted by Crippen LogP contribution is 2.33. The van der Waals surface area contributed by atoms with Gasteiger partial charge in [0, 0.05) is 22.0 Å². The van der Waals surface area contributed by atoms with E-state index in [-0.39, 0.29) is 12.5 Å². The Morgan fingerprint density at radius 2 is 2.00 bits per heavy atom. The number of anilines is 1. The molecule has 1 aromatic carbocycles. The third kappa shape index (κ3) is 3.83. The average molecular weight is 386 g/mol. The Hall–Kier alpha value is -2.80. The highest BCUT2D eigenvalue weighted by atomic mass is 32.1. The van der Waals surface area contributed by atoms with E-state index in [1.165, 1.54) is 11.3 Å². The summed E-state index contributed by atoms with van der Waals surface area (Å²) < 4.78 is 12.2. The molecule has 0 aliphatic carbocycles. The number of carbonyl (C=O) groups is 2. The molecule has 2 aromatic heterocycles. The second-order valence-corrected chi connectivity index (χ2v) is 7.35. The first-order chi connectivity index (χ1) is 12.9. The summed E-state index contributed by atoms with van der Waals surface area (Å²) in [5.41, 5.74) is 2.22. The third-order valence-electron chi connectivity index (χ3n) is 4.41. The lowest BCUT2D eigenvalue weighted by Gasteiger charge is -2.09. The molecule has 6 nitrogen and oxygen atoms in total. The van der Waals surface area contributed by atoms with Crippen LogP contribution in [-0.4, -0.2) is 30.2 Å². The molecule has 0 bridgehead atoms. The smallest absolute Gasteiger partial charge is 0.341 e. The molecule has 0 unspecified atom stereocenters. The molecule has 0 radical (unpaired) electrons. The Labute approximate surface area is 161 Å². The molecular formula is C20H22N2O4S. The number of nitrogens with zero attached hydrogens (tertiary/aromatic N) is 1. The van der Waals surface area contributed by atoms with Crippen molar-refractivity contribution >= 4 is 39.1 Å². The number of aryl methyl sites for hydroxylation is 1. The van der Waals surface area contributed by atoms with E-state index in [0.29, 0.717) is 17.2 Å². The summed E-state index contributed by atoms with van der Waals surface area (Å²) in [6, 6.07) is 7.65. The zero-order valence-electron chi connectivity index (χ0n) is 15.8. The number of rotatable bonds is 6. The van der Waals surface area contributed by atoms with Crippen molar-refractivity contribution in [3.63, 3.8) is 0 Å². The van der Waals surface area contributed by atoms with Crippen LogP contribution in [-0.2, 0) is 16.1 Å². The maximum absolute atomic E-state index is 12.6. The molecule has 7 heteroatoms. The van der Waals surface area contributed by atoms with E-state index in [2.05, 4.69) is 5.32 Å². The van der Waals surface area contributed by atoms with Gasteiger partial charge in [-0.2, -0.15) is 0 Å². The van der Waals surface area contributed by atoms with Gasteiger partial charge in [0.1, 0.15) is 17.3 Å². The van der Waals surface area contributed by atoms with E-state index in [0.717, 1.165) is 27.1 Å². The quantitative estimate of drug-likeness (QED) is 0.647. The number of esters is 1. The van der Waals surface area contributed by atoms with Gasteiger partial charge in [0.05, 0.1) is 19.3 Å². The van der Waals surface area contributed by atoms with Crippen LogP contribution in [0.15, 0.2) is 30.5 Å². The first kappa shape index (κ1) is 19.0. The van der Waals surface area contributed by atoms with Crippen molar-refractivity contribution in [2.45, 2.75) is 27.3 Å². The SMILES string of the molecule is CCOC(=O)c1c(NC(=O)Cn2ccc3cc(OC)ccc32)sc(C)c1C. The first-order valence-corrected chi connectivity index (χ1v) is 9.46. The van der Waals surface area contributed by atoms with Crippen molar-refractivity contribution in [3.8, 4) is 5.75 Å². The number of benzene rings is 1. The molecule has 0 saturated carbocycles. The number of nitrogens with one attached hydrogen (secondary N) is 1. The minimum absolute atomic E-state index is 0.147. The maximum Gasteiger partial charge on any atom is 0.341 e. The van der Waals surface area contributed by atoms with Crippen LogP contribution < -0.4 is 10.1 Å². The van der Waals surface area contributed by atoms with Gasteiger partial charge in [-0.25, -0.2) is 4.79 Å². The molecular weight excluding hydrogens is 364 g/mol. The molecule has 0 atom stereocenters. The topological polar surface area (TPSA) is 69.6 Å². The normalized spacial score (nSPS) is 10.8. The third-order valence-corrected chi connectivity index (χ3v) is 5.53. The number of hydrogen-bond donors (Lipinski definition) is 1. The van der Waals surface area contributed by atoms with Gasteiger partial charge in [0.2, 0.25) is 5.91 Å². The Morgan fingerprint density at radius 3 is 2.70 bits per heavy atom. The highest BCUT2D eigenvalue weighted by molar-refractivity contribution is 7.16. The van der Waals surface area contributed by atoms with Crippen LogP contribution in [0.2, 0.25) is 0 Å². The number of ether oxygens (including phenoxy) is 2. The molecule has 1 amide bonds. The van der Waals surface area contributed by atoms with E-state index < -0.39 is 5.97 Å². The number of methoxy groups -OCH3 is 1. The molecule has 27 heavy (non-hydrogen) atoms. The Kier molecular flexibility index (Phi) is 5.51. The second-order valence-electron chi connectivity index (χ2n) is 6.12. The minimum atomic E-state index is -0.409. The van der Waals surface area contributed by atoms with Crippen molar-refractivity contribution in [1.29, 1.82) is 0 Å². The summed E-state index contributed by atoms with van der Waals surface area (Å²) in [7, 11) is 1.62. The van der Waals surface area contributed by atoms with Gasteiger partial charge in [-0.3, -0.25) is 4.79 Å². The lowest BCUT2D eigenvalue weighted by atomic mass is 10.1. The molecule has 1 N–H and O–H groups in total. The Balaban J connectivity index is 1.81. The predicted molar refractivity (Wildman–Crippen MR) is 107 cm³/mol. The summed E-state index contributed by atoms with van der Waals surface area (Å²) >= 11 is 1.39. The standard InChI is InChI=1S/C20H22N2O4S/c1-5-26-20(24)18-12(2)13(3)27-19(18)21-17(23)11-22-9-8-14-10-15(25-4)6-7-16(14)22/h6-10H,5,11H2,1-4H3,(H,21,23). The van der Waals surface area contributed by atoms with Crippen molar-refractivity contribution < 1.29 is 19.1 Å². The van der Waals surface area contributed by atoms with Crippen LogP contribution in [0.3, 0.4) is 0 Å². The van der Waals surface area contributed by atoms with Crippen LogP contribution in [0.25, 0.3) is 10.9 Å². The Morgan fingerprint density at radius 1 is 1.22 bits per heavy atom. The summed E-state index contributed by atoms with van der Waals surface area (Å²) in [5, 5.41) is 4.40. The molecule has 0 fully saturated rings. The molecule has 3 aromatic rings. The van der Waals surface area contributed by atoms with E-state index in [1.807, 2.05) is 48.9 Å². The molecule has 142 valence electrons. The fourth-order valence-electron chi connectivity index (χ4n) is 2.93. The Bertz CT molecular complexity index is 1000. The number of fused-ring (bicyclic) bond motifs is 1. The largest absolute Gasteiger partial charge is 0.497 e. The van der Waals surface area contributed by atoms with Gasteiger partial charge in [0.25, 0.3) is 0 Å². The van der Waals surface area contributed by atoms with E-state index in [9.17, 15) is 9.59 Å². The summed E-state index contributed by atoms with van der Waals surface area (Å²) in [4.78, 5) is 25.8. The van der Waals surface area contributed by atoms with Crippen LogP contribution >= 0.6 is 11.3 Å². The van der Waals surface area contributed by atoms with E-state index in [4.69, 9.17) is 9.47 Å². The second kappa shape index (κ2) is 7.84. The summed E-state index contributed by atoms with van der Waals surface area (Å²) in [6.45, 7) is 5.98. The summed E-state index contributed by atoms with van der Waals surface area (Å²) in [6.07, 6.45) is 1.86. The monoisotopic (exact) mass is 386 g/mol. The summed E-state index contributed by atoms with van der Waals surface area (Å²) in [5.74, 6) is 0.164. The highest BCUT2D eigenvalue weighted by Gasteiger charge is 2.22. The van der Waals surface area contributed by atoms with Crippen LogP contribution in [0.5, 0.6) is 5.75 Å². The lowest BCUT2D eigenvalue weighted by molar-refractivity contribution is -0.116. The van der Waals surface area contributed by atoms with Gasteiger partial charge in [-0.1, -0.05) is 0 Å². The van der Waals surface area contributed by atoms with Gasteiger partial charge < -0.3 is 19.4 Å². The van der Waals surface area contributed by atoms with E-state index >= 15 is 0 Å². The zero-order valence-corrected chi connectivity index (χ0v) is 16.6. The van der Waals surface area contributed by atoms with E-state index in [1.54, 1.807) is 14.0 Å².